The van der Waals surface area contributed by atoms with Crippen LogP contribution in [-0.4, -0.2) is 15.2 Å². The average Bonchev–Trinajstić information content (AvgIpc) is 2.01. The van der Waals surface area contributed by atoms with Gasteiger partial charge in [-0.1, -0.05) is 20.3 Å². The molecule has 2 nitrogen and oxygen atoms in total. The van der Waals surface area contributed by atoms with Crippen molar-refractivity contribution < 1.29 is 4.21 Å². The van der Waals surface area contributed by atoms with E-state index < -0.39 is 11.0 Å². The molecule has 0 bridgehead atoms. The van der Waals surface area contributed by atoms with Gasteiger partial charge in [-0.2, -0.15) is 4.40 Å². The monoisotopic (exact) mass is 217 g/mol. The molecule has 1 atom stereocenters. The van der Waals surface area contributed by atoms with E-state index >= 15 is 0 Å². The molecule has 0 aromatic carbocycles. The number of nitrogens with zero attached hydrogens (tertiary/aromatic N) is 1. The maximum Gasteiger partial charge on any atom is 0.144 e. The number of hydrogen-bond donors (Lipinski definition) is 0. The van der Waals surface area contributed by atoms with Gasteiger partial charge in [-0.15, -0.1) is 0 Å². The summed E-state index contributed by atoms with van der Waals surface area (Å²) < 4.78 is 15.3. The summed E-state index contributed by atoms with van der Waals surface area (Å²) in [6.45, 7) is 10.2. The third kappa shape index (κ3) is 7.25. The minimum absolute atomic E-state index is 0.228. The van der Waals surface area contributed by atoms with Crippen molar-refractivity contribution in [3.05, 3.63) is 0 Å². The van der Waals surface area contributed by atoms with Crippen LogP contribution in [-0.2, 0) is 11.0 Å². The Bertz CT molecular complexity index is 204. The van der Waals surface area contributed by atoms with Crippen LogP contribution in [0, 0.1) is 5.92 Å². The van der Waals surface area contributed by atoms with E-state index in [9.17, 15) is 4.21 Å². The van der Waals surface area contributed by atoms with Gasteiger partial charge in [-0.05, 0) is 39.5 Å². The van der Waals surface area contributed by atoms with Gasteiger partial charge in [0.25, 0.3) is 0 Å². The molecule has 0 spiro atoms. The van der Waals surface area contributed by atoms with Gasteiger partial charge in [-0.25, -0.2) is 4.21 Å². The van der Waals surface area contributed by atoms with E-state index in [2.05, 4.69) is 18.2 Å². The summed E-state index contributed by atoms with van der Waals surface area (Å²) >= 11 is 0. The Kier molecular flexibility index (Phi) is 6.25. The second-order valence-corrected chi connectivity index (χ2v) is 6.91. The molecule has 0 aromatic rings. The van der Waals surface area contributed by atoms with E-state index in [1.165, 1.54) is 6.42 Å². The normalized spacial score (nSPS) is 15.3. The molecule has 0 aliphatic carbocycles. The Morgan fingerprint density at radius 2 is 1.93 bits per heavy atom. The molecule has 0 aromatic heterocycles. The van der Waals surface area contributed by atoms with Crippen molar-refractivity contribution in [2.45, 2.75) is 58.6 Å². The summed E-state index contributed by atoms with van der Waals surface area (Å²) in [6.07, 6.45) is 5.11. The van der Waals surface area contributed by atoms with Crippen molar-refractivity contribution in [2.24, 2.45) is 10.3 Å². The molecule has 84 valence electrons. The molecular formula is C11H23NOS. The van der Waals surface area contributed by atoms with Crippen molar-refractivity contribution >= 4 is 17.2 Å². The van der Waals surface area contributed by atoms with Gasteiger partial charge in [-0.3, -0.25) is 0 Å². The predicted molar refractivity (Wildman–Crippen MR) is 65.1 cm³/mol. The van der Waals surface area contributed by atoms with E-state index in [-0.39, 0.29) is 4.75 Å². The van der Waals surface area contributed by atoms with Gasteiger partial charge in [0.2, 0.25) is 0 Å². The summed E-state index contributed by atoms with van der Waals surface area (Å²) in [6, 6.07) is 0. The fourth-order valence-electron chi connectivity index (χ4n) is 0.896. The number of unbranched alkanes of at least 4 members (excludes halogenated alkanes) is 1. The van der Waals surface area contributed by atoms with Crippen LogP contribution in [0.15, 0.2) is 4.40 Å². The summed E-state index contributed by atoms with van der Waals surface area (Å²) in [5.74, 6) is 0.747. The first-order valence-electron chi connectivity index (χ1n) is 5.28. The zero-order valence-electron chi connectivity index (χ0n) is 10.0. The molecule has 0 heterocycles. The third-order valence-corrected chi connectivity index (χ3v) is 3.20. The molecule has 0 radical (unpaired) electrons. The van der Waals surface area contributed by atoms with Gasteiger partial charge in [0, 0.05) is 6.21 Å². The van der Waals surface area contributed by atoms with E-state index in [1.54, 1.807) is 0 Å². The smallest absolute Gasteiger partial charge is 0.144 e. The largest absolute Gasteiger partial charge is 0.234 e. The first-order valence-corrected chi connectivity index (χ1v) is 6.39. The standard InChI is InChI=1S/C11H23NOS/c1-10(2)8-6-7-9-12-14(13)11(3,4)5/h9-10H,6-8H2,1-5H3. The second kappa shape index (κ2) is 6.33. The highest BCUT2D eigenvalue weighted by Gasteiger charge is 2.17. The minimum atomic E-state index is -1.08. The molecule has 0 N–H and O–H groups in total. The Morgan fingerprint density at radius 3 is 2.36 bits per heavy atom. The Labute approximate surface area is 90.8 Å². The topological polar surface area (TPSA) is 29.4 Å². The quantitative estimate of drug-likeness (QED) is 0.513. The molecule has 14 heavy (non-hydrogen) atoms. The zero-order chi connectivity index (χ0) is 11.2. The minimum Gasteiger partial charge on any atom is -0.234 e. The van der Waals surface area contributed by atoms with Crippen LogP contribution in [0.2, 0.25) is 0 Å². The van der Waals surface area contributed by atoms with Gasteiger partial charge >= 0.3 is 0 Å². The van der Waals surface area contributed by atoms with Crippen LogP contribution in [0.5, 0.6) is 0 Å². The van der Waals surface area contributed by atoms with Crippen molar-refractivity contribution in [3.8, 4) is 0 Å². The molecule has 0 saturated heterocycles. The molecule has 3 heteroatoms. The van der Waals surface area contributed by atoms with Crippen LogP contribution < -0.4 is 0 Å². The fourth-order valence-corrected chi connectivity index (χ4v) is 1.45. The molecular weight excluding hydrogens is 194 g/mol. The van der Waals surface area contributed by atoms with Crippen LogP contribution in [0.3, 0.4) is 0 Å². The highest BCUT2D eigenvalue weighted by molar-refractivity contribution is 7.85. The summed E-state index contributed by atoms with van der Waals surface area (Å²) in [7, 11) is -1.08. The van der Waals surface area contributed by atoms with Crippen LogP contribution in [0.25, 0.3) is 0 Å². The Hall–Kier alpha value is -0.180. The SMILES string of the molecule is CC(C)CCCC=NS(=O)C(C)(C)C. The Morgan fingerprint density at radius 1 is 1.36 bits per heavy atom. The molecule has 0 aliphatic heterocycles. The molecule has 1 unspecified atom stereocenters. The van der Waals surface area contributed by atoms with Gasteiger partial charge < -0.3 is 0 Å². The van der Waals surface area contributed by atoms with Crippen LogP contribution in [0.4, 0.5) is 0 Å². The lowest BCUT2D eigenvalue weighted by atomic mass is 10.1. The second-order valence-electron chi connectivity index (χ2n) is 4.97. The molecule has 0 aliphatic rings. The van der Waals surface area contributed by atoms with Crippen molar-refractivity contribution in [3.63, 3.8) is 0 Å². The van der Waals surface area contributed by atoms with Crippen LogP contribution in [0.1, 0.15) is 53.9 Å². The lowest BCUT2D eigenvalue weighted by molar-refractivity contribution is 0.566. The van der Waals surface area contributed by atoms with Gasteiger partial charge in [0.1, 0.15) is 11.0 Å². The first kappa shape index (κ1) is 13.8. The molecule has 0 saturated carbocycles. The zero-order valence-corrected chi connectivity index (χ0v) is 10.9. The summed E-state index contributed by atoms with van der Waals surface area (Å²) in [4.78, 5) is 0. The first-order chi connectivity index (χ1) is 6.34. The highest BCUT2D eigenvalue weighted by atomic mass is 32.2. The van der Waals surface area contributed by atoms with E-state index in [1.807, 2.05) is 27.0 Å². The lowest BCUT2D eigenvalue weighted by Gasteiger charge is -2.12. The van der Waals surface area contributed by atoms with Crippen molar-refractivity contribution in [2.75, 3.05) is 0 Å². The van der Waals surface area contributed by atoms with Crippen LogP contribution >= 0.6 is 0 Å². The number of hydrogen-bond acceptors (Lipinski definition) is 1. The molecule has 0 amide bonds. The fraction of sp³-hybridized carbons (Fsp3) is 0.909. The maximum absolute atomic E-state index is 11.5. The summed E-state index contributed by atoms with van der Waals surface area (Å²) in [5.41, 5.74) is 0. The predicted octanol–water partition coefficient (Wildman–Crippen LogP) is 3.35. The Balaban J connectivity index is 3.69. The van der Waals surface area contributed by atoms with Crippen molar-refractivity contribution in [1.29, 1.82) is 0 Å². The highest BCUT2D eigenvalue weighted by Crippen LogP contribution is 2.12. The maximum atomic E-state index is 11.5. The van der Waals surface area contributed by atoms with E-state index in [4.69, 9.17) is 0 Å². The van der Waals surface area contributed by atoms with Gasteiger partial charge in [0.15, 0.2) is 0 Å². The molecule has 0 fully saturated rings. The average molecular weight is 217 g/mol. The third-order valence-electron chi connectivity index (χ3n) is 1.81. The summed E-state index contributed by atoms with van der Waals surface area (Å²) in [5, 5.41) is 0. The van der Waals surface area contributed by atoms with Gasteiger partial charge in [0.05, 0.1) is 4.75 Å². The lowest BCUT2D eigenvalue weighted by Crippen LogP contribution is -2.19. The van der Waals surface area contributed by atoms with E-state index in [0.29, 0.717) is 0 Å². The van der Waals surface area contributed by atoms with E-state index in [0.717, 1.165) is 18.8 Å². The van der Waals surface area contributed by atoms with Crippen molar-refractivity contribution in [1.82, 2.24) is 0 Å². The molecule has 0 rings (SSSR count). The number of rotatable bonds is 5.